The Bertz CT molecular complexity index is 531. The summed E-state index contributed by atoms with van der Waals surface area (Å²) in [4.78, 5) is 10.8. The molecule has 5 heteroatoms. The monoisotopic (exact) mass is 206 g/mol. The highest BCUT2D eigenvalue weighted by atomic mass is 16.5. The Morgan fingerprint density at radius 3 is 2.87 bits per heavy atom. The molecule has 0 radical (unpaired) electrons. The van der Waals surface area contributed by atoms with Crippen molar-refractivity contribution < 1.29 is 14.6 Å². The van der Waals surface area contributed by atoms with Crippen LogP contribution in [0.1, 0.15) is 10.4 Å². The predicted molar refractivity (Wildman–Crippen MR) is 54.2 cm³/mol. The number of fused-ring (bicyclic) bond motifs is 1. The molecule has 1 aromatic heterocycles. The van der Waals surface area contributed by atoms with Crippen LogP contribution < -0.4 is 4.74 Å². The third-order valence-corrected chi connectivity index (χ3v) is 2.26. The molecule has 0 saturated carbocycles. The topological polar surface area (TPSA) is 64.3 Å². The smallest absolute Gasteiger partial charge is 0.335 e. The fraction of sp³-hybridized carbons (Fsp3) is 0.200. The molecule has 2 aromatic rings. The zero-order valence-corrected chi connectivity index (χ0v) is 8.39. The summed E-state index contributed by atoms with van der Waals surface area (Å²) in [6, 6.07) is 3.07. The van der Waals surface area contributed by atoms with Crippen LogP contribution in [-0.4, -0.2) is 28.0 Å². The van der Waals surface area contributed by atoms with Gasteiger partial charge in [-0.1, -0.05) is 0 Å². The largest absolute Gasteiger partial charge is 0.494 e. The van der Waals surface area contributed by atoms with Crippen LogP contribution >= 0.6 is 0 Å². The SMILES string of the molecule is COc1cc(C(=O)O)cc2cnn(C)c12. The van der Waals surface area contributed by atoms with Crippen LogP contribution in [-0.2, 0) is 7.05 Å². The number of carboxylic acid groups (broad SMARTS) is 1. The predicted octanol–water partition coefficient (Wildman–Crippen LogP) is 1.28. The normalized spacial score (nSPS) is 10.5. The number of aromatic nitrogens is 2. The molecular weight excluding hydrogens is 196 g/mol. The van der Waals surface area contributed by atoms with Gasteiger partial charge in [0.1, 0.15) is 11.3 Å². The molecule has 1 aromatic carbocycles. The average Bonchev–Trinajstić information content (AvgIpc) is 2.59. The third kappa shape index (κ3) is 1.41. The summed E-state index contributed by atoms with van der Waals surface area (Å²) < 4.78 is 6.79. The lowest BCUT2D eigenvalue weighted by Gasteiger charge is -2.04. The Labute approximate surface area is 85.9 Å². The number of methoxy groups -OCH3 is 1. The second-order valence-electron chi connectivity index (χ2n) is 3.19. The second kappa shape index (κ2) is 3.27. The van der Waals surface area contributed by atoms with Crippen molar-refractivity contribution in [2.45, 2.75) is 0 Å². The molecule has 0 aliphatic carbocycles. The minimum Gasteiger partial charge on any atom is -0.494 e. The summed E-state index contributed by atoms with van der Waals surface area (Å²) in [6.45, 7) is 0. The van der Waals surface area contributed by atoms with E-state index < -0.39 is 5.97 Å². The van der Waals surface area contributed by atoms with Crippen molar-refractivity contribution in [2.24, 2.45) is 7.05 Å². The van der Waals surface area contributed by atoms with E-state index in [9.17, 15) is 4.79 Å². The lowest BCUT2D eigenvalue weighted by molar-refractivity contribution is 0.0696. The zero-order valence-electron chi connectivity index (χ0n) is 8.39. The van der Waals surface area contributed by atoms with Crippen molar-refractivity contribution in [1.82, 2.24) is 9.78 Å². The van der Waals surface area contributed by atoms with Gasteiger partial charge in [-0.25, -0.2) is 4.79 Å². The summed E-state index contributed by atoms with van der Waals surface area (Å²) in [5.74, 6) is -0.455. The van der Waals surface area contributed by atoms with Crippen LogP contribution in [0.4, 0.5) is 0 Å². The molecule has 0 unspecified atom stereocenters. The molecule has 1 heterocycles. The first-order valence-corrected chi connectivity index (χ1v) is 4.36. The van der Waals surface area contributed by atoms with E-state index in [4.69, 9.17) is 9.84 Å². The maximum Gasteiger partial charge on any atom is 0.335 e. The van der Waals surface area contributed by atoms with E-state index in [1.807, 2.05) is 0 Å². The molecule has 0 aliphatic heterocycles. The van der Waals surface area contributed by atoms with Crippen LogP contribution in [0.15, 0.2) is 18.3 Å². The van der Waals surface area contributed by atoms with Gasteiger partial charge in [0.2, 0.25) is 0 Å². The van der Waals surface area contributed by atoms with Gasteiger partial charge in [0, 0.05) is 12.4 Å². The maximum absolute atomic E-state index is 10.8. The summed E-state index contributed by atoms with van der Waals surface area (Å²) in [5, 5.41) is 13.7. The Kier molecular flexibility index (Phi) is 2.07. The first-order chi connectivity index (χ1) is 7.13. The summed E-state index contributed by atoms with van der Waals surface area (Å²) >= 11 is 0. The van der Waals surface area contributed by atoms with Crippen molar-refractivity contribution in [3.63, 3.8) is 0 Å². The number of nitrogens with zero attached hydrogens (tertiary/aromatic N) is 2. The van der Waals surface area contributed by atoms with Gasteiger partial charge < -0.3 is 9.84 Å². The first-order valence-electron chi connectivity index (χ1n) is 4.36. The van der Waals surface area contributed by atoms with E-state index in [-0.39, 0.29) is 5.56 Å². The first kappa shape index (κ1) is 9.51. The van der Waals surface area contributed by atoms with Gasteiger partial charge in [0.05, 0.1) is 18.9 Å². The minimum atomic E-state index is -0.973. The van der Waals surface area contributed by atoms with Crippen LogP contribution in [0.5, 0.6) is 5.75 Å². The number of benzene rings is 1. The summed E-state index contributed by atoms with van der Waals surface area (Å²) in [5.41, 5.74) is 0.995. The highest BCUT2D eigenvalue weighted by Crippen LogP contribution is 2.26. The number of aromatic carboxylic acids is 1. The highest BCUT2D eigenvalue weighted by molar-refractivity contribution is 5.96. The van der Waals surface area contributed by atoms with E-state index in [0.717, 1.165) is 10.9 Å². The molecule has 0 aliphatic rings. The summed E-state index contributed by atoms with van der Waals surface area (Å²) in [6.07, 6.45) is 1.62. The molecule has 0 fully saturated rings. The minimum absolute atomic E-state index is 0.201. The number of aryl methyl sites for hydroxylation is 1. The molecule has 15 heavy (non-hydrogen) atoms. The number of hydrogen-bond donors (Lipinski definition) is 1. The van der Waals surface area contributed by atoms with Gasteiger partial charge in [-0.3, -0.25) is 4.68 Å². The van der Waals surface area contributed by atoms with Crippen LogP contribution in [0.25, 0.3) is 10.9 Å². The lowest BCUT2D eigenvalue weighted by Crippen LogP contribution is -1.99. The number of rotatable bonds is 2. The molecule has 2 rings (SSSR count). The van der Waals surface area contributed by atoms with Crippen LogP contribution in [0, 0.1) is 0 Å². The molecule has 0 atom stereocenters. The van der Waals surface area contributed by atoms with Crippen molar-refractivity contribution in [3.05, 3.63) is 23.9 Å². The summed E-state index contributed by atoms with van der Waals surface area (Å²) in [7, 11) is 3.29. The van der Waals surface area contributed by atoms with Crippen molar-refractivity contribution >= 4 is 16.9 Å². The van der Waals surface area contributed by atoms with E-state index in [1.165, 1.54) is 13.2 Å². The van der Waals surface area contributed by atoms with E-state index in [2.05, 4.69) is 5.10 Å². The molecule has 0 saturated heterocycles. The number of carboxylic acids is 1. The number of ether oxygens (including phenoxy) is 1. The van der Waals surface area contributed by atoms with E-state index >= 15 is 0 Å². The van der Waals surface area contributed by atoms with Gasteiger partial charge in [0.25, 0.3) is 0 Å². The molecular formula is C10H10N2O3. The van der Waals surface area contributed by atoms with Gasteiger partial charge in [0.15, 0.2) is 0 Å². The van der Waals surface area contributed by atoms with E-state index in [0.29, 0.717) is 5.75 Å². The molecule has 78 valence electrons. The lowest BCUT2D eigenvalue weighted by atomic mass is 10.1. The Morgan fingerprint density at radius 1 is 1.53 bits per heavy atom. The van der Waals surface area contributed by atoms with Crippen molar-refractivity contribution in [3.8, 4) is 5.75 Å². The molecule has 0 spiro atoms. The number of carbonyl (C=O) groups is 1. The van der Waals surface area contributed by atoms with Gasteiger partial charge in [-0.2, -0.15) is 5.10 Å². The fourth-order valence-corrected chi connectivity index (χ4v) is 1.56. The standard InChI is InChI=1S/C10H10N2O3/c1-12-9-7(5-11-12)3-6(10(13)14)4-8(9)15-2/h3-5H,1-2H3,(H,13,14). The molecule has 5 nitrogen and oxygen atoms in total. The molecule has 0 amide bonds. The second-order valence-corrected chi connectivity index (χ2v) is 3.19. The fourth-order valence-electron chi connectivity index (χ4n) is 1.56. The van der Waals surface area contributed by atoms with Crippen LogP contribution in [0.2, 0.25) is 0 Å². The van der Waals surface area contributed by atoms with Gasteiger partial charge >= 0.3 is 5.97 Å². The molecule has 1 N–H and O–H groups in total. The Morgan fingerprint density at radius 2 is 2.27 bits per heavy atom. The number of hydrogen-bond acceptors (Lipinski definition) is 3. The highest BCUT2D eigenvalue weighted by Gasteiger charge is 2.12. The maximum atomic E-state index is 10.8. The van der Waals surface area contributed by atoms with Gasteiger partial charge in [-0.15, -0.1) is 0 Å². The third-order valence-electron chi connectivity index (χ3n) is 2.26. The van der Waals surface area contributed by atoms with Gasteiger partial charge in [-0.05, 0) is 12.1 Å². The Hall–Kier alpha value is -2.04. The van der Waals surface area contributed by atoms with Crippen molar-refractivity contribution in [2.75, 3.05) is 7.11 Å². The van der Waals surface area contributed by atoms with Crippen LogP contribution in [0.3, 0.4) is 0 Å². The van der Waals surface area contributed by atoms with E-state index in [1.54, 1.807) is 24.0 Å². The quantitative estimate of drug-likeness (QED) is 0.803. The Balaban J connectivity index is 2.79. The average molecular weight is 206 g/mol. The zero-order chi connectivity index (χ0) is 11.0. The van der Waals surface area contributed by atoms with Crippen molar-refractivity contribution in [1.29, 1.82) is 0 Å². The molecule has 0 bridgehead atoms.